The summed E-state index contributed by atoms with van der Waals surface area (Å²) in [7, 11) is 0. The Kier molecular flexibility index (Phi) is 6.18. The number of carboxylic acids is 1. The molecule has 0 aliphatic rings. The predicted octanol–water partition coefficient (Wildman–Crippen LogP) is 2.05. The highest BCUT2D eigenvalue weighted by atomic mass is 16.4. The van der Waals surface area contributed by atoms with Crippen LogP contribution in [0, 0.1) is 0 Å². The molecule has 0 saturated heterocycles. The van der Waals surface area contributed by atoms with Gasteiger partial charge in [-0.3, -0.25) is 0 Å². The average molecular weight is 266 g/mol. The van der Waals surface area contributed by atoms with Gasteiger partial charge in [0, 0.05) is 0 Å². The van der Waals surface area contributed by atoms with Crippen molar-refractivity contribution in [3.63, 3.8) is 0 Å². The van der Waals surface area contributed by atoms with Crippen LogP contribution in [-0.4, -0.2) is 32.3 Å². The van der Waals surface area contributed by atoms with Crippen LogP contribution in [0.2, 0.25) is 0 Å². The first-order valence-electron chi connectivity index (χ1n) is 6.84. The van der Waals surface area contributed by atoms with Crippen LogP contribution >= 0.6 is 0 Å². The second kappa shape index (κ2) is 7.66. The lowest BCUT2D eigenvalue weighted by atomic mass is 10.1. The van der Waals surface area contributed by atoms with Gasteiger partial charge in [0.15, 0.2) is 0 Å². The number of hydrogen-bond acceptors (Lipinski definition) is 5. The minimum Gasteiger partial charge on any atom is -0.480 e. The Balaban J connectivity index is 2.81. The van der Waals surface area contributed by atoms with Crippen LogP contribution in [-0.2, 0) is 17.6 Å². The van der Waals surface area contributed by atoms with Crippen molar-refractivity contribution in [1.29, 1.82) is 0 Å². The van der Waals surface area contributed by atoms with Crippen LogP contribution in [0.25, 0.3) is 0 Å². The molecule has 0 amide bonds. The lowest BCUT2D eigenvalue weighted by Gasteiger charge is -2.14. The van der Waals surface area contributed by atoms with Gasteiger partial charge in [0.25, 0.3) is 0 Å². The number of aromatic nitrogens is 3. The number of nitrogens with one attached hydrogen (secondary N) is 1. The lowest BCUT2D eigenvalue weighted by molar-refractivity contribution is -0.138. The normalized spacial score (nSPS) is 12.2. The third-order valence-electron chi connectivity index (χ3n) is 2.96. The number of rotatable bonds is 8. The number of carbonyl (C=O) groups is 1. The van der Waals surface area contributed by atoms with E-state index in [0.717, 1.165) is 37.1 Å². The molecule has 1 unspecified atom stereocenters. The van der Waals surface area contributed by atoms with Crippen LogP contribution in [0.4, 0.5) is 5.95 Å². The lowest BCUT2D eigenvalue weighted by Crippen LogP contribution is -2.30. The molecule has 0 aromatic carbocycles. The van der Waals surface area contributed by atoms with Gasteiger partial charge in [-0.25, -0.2) is 9.78 Å². The Hall–Kier alpha value is -1.72. The van der Waals surface area contributed by atoms with Crippen molar-refractivity contribution >= 4 is 11.9 Å². The second-order valence-corrected chi connectivity index (χ2v) is 4.41. The largest absolute Gasteiger partial charge is 0.480 e. The van der Waals surface area contributed by atoms with Gasteiger partial charge in [-0.05, 0) is 19.3 Å². The smallest absolute Gasteiger partial charge is 0.326 e. The molecule has 1 heterocycles. The van der Waals surface area contributed by atoms with E-state index in [2.05, 4.69) is 20.5 Å². The number of nitrogens with zero attached hydrogens (tertiary/aromatic N) is 3. The Morgan fingerprint density at radius 3 is 2.42 bits per heavy atom. The standard InChI is InChI=1S/C13H22N4O2/c1-4-7-8-11(12(18)19)15-13-14-9(5-2)10(6-3)16-17-13/h11H,4-8H2,1-3H3,(H,18,19)(H,14,15,17). The Bertz CT molecular complexity index is 423. The van der Waals surface area contributed by atoms with Gasteiger partial charge in [-0.15, -0.1) is 5.10 Å². The van der Waals surface area contributed by atoms with Gasteiger partial charge < -0.3 is 10.4 Å². The van der Waals surface area contributed by atoms with Crippen molar-refractivity contribution in [2.24, 2.45) is 0 Å². The molecule has 106 valence electrons. The van der Waals surface area contributed by atoms with Crippen molar-refractivity contribution in [3.8, 4) is 0 Å². The number of aryl methyl sites for hydroxylation is 2. The minimum atomic E-state index is -0.880. The number of hydrogen-bond donors (Lipinski definition) is 2. The number of aliphatic carboxylic acids is 1. The van der Waals surface area contributed by atoms with E-state index in [1.165, 1.54) is 0 Å². The van der Waals surface area contributed by atoms with Crippen LogP contribution in [0.3, 0.4) is 0 Å². The van der Waals surface area contributed by atoms with Gasteiger partial charge >= 0.3 is 5.97 Å². The topological polar surface area (TPSA) is 88.0 Å². The van der Waals surface area contributed by atoms with E-state index >= 15 is 0 Å². The van der Waals surface area contributed by atoms with Gasteiger partial charge in [-0.1, -0.05) is 33.6 Å². The fourth-order valence-electron chi connectivity index (χ4n) is 1.82. The zero-order chi connectivity index (χ0) is 14.3. The summed E-state index contributed by atoms with van der Waals surface area (Å²) in [5.41, 5.74) is 1.74. The maximum absolute atomic E-state index is 11.1. The maximum atomic E-state index is 11.1. The van der Waals surface area contributed by atoms with Crippen molar-refractivity contribution in [3.05, 3.63) is 11.4 Å². The summed E-state index contributed by atoms with van der Waals surface area (Å²) in [6.45, 7) is 6.03. The summed E-state index contributed by atoms with van der Waals surface area (Å²) in [5, 5.41) is 20.1. The molecular weight excluding hydrogens is 244 g/mol. The van der Waals surface area contributed by atoms with Crippen molar-refractivity contribution in [2.45, 2.75) is 58.9 Å². The van der Waals surface area contributed by atoms with E-state index in [-0.39, 0.29) is 0 Å². The first kappa shape index (κ1) is 15.3. The molecule has 0 fully saturated rings. The molecular formula is C13H22N4O2. The van der Waals surface area contributed by atoms with E-state index in [1.54, 1.807) is 0 Å². The van der Waals surface area contributed by atoms with Crippen molar-refractivity contribution < 1.29 is 9.90 Å². The van der Waals surface area contributed by atoms with Gasteiger partial charge in [0.2, 0.25) is 5.95 Å². The second-order valence-electron chi connectivity index (χ2n) is 4.41. The number of anilines is 1. The van der Waals surface area contributed by atoms with E-state index in [9.17, 15) is 4.79 Å². The SMILES string of the molecule is CCCCC(Nc1nnc(CC)c(CC)n1)C(=O)O. The van der Waals surface area contributed by atoms with E-state index in [1.807, 2.05) is 20.8 Å². The average Bonchev–Trinajstić information content (AvgIpc) is 2.42. The van der Waals surface area contributed by atoms with Crippen molar-refractivity contribution in [1.82, 2.24) is 15.2 Å². The molecule has 19 heavy (non-hydrogen) atoms. The molecule has 0 bridgehead atoms. The molecule has 0 radical (unpaired) electrons. The fourth-order valence-corrected chi connectivity index (χ4v) is 1.82. The van der Waals surface area contributed by atoms with E-state index < -0.39 is 12.0 Å². The molecule has 2 N–H and O–H groups in total. The third kappa shape index (κ3) is 4.46. The highest BCUT2D eigenvalue weighted by Crippen LogP contribution is 2.10. The summed E-state index contributed by atoms with van der Waals surface area (Å²) in [6, 6.07) is -0.654. The zero-order valence-corrected chi connectivity index (χ0v) is 11.8. The molecule has 0 aliphatic heterocycles. The van der Waals surface area contributed by atoms with Crippen molar-refractivity contribution in [2.75, 3.05) is 5.32 Å². The molecule has 0 saturated carbocycles. The van der Waals surface area contributed by atoms with E-state index in [0.29, 0.717) is 12.4 Å². The van der Waals surface area contributed by atoms with Gasteiger partial charge in [-0.2, -0.15) is 5.10 Å². The highest BCUT2D eigenvalue weighted by molar-refractivity contribution is 5.76. The highest BCUT2D eigenvalue weighted by Gasteiger charge is 2.18. The monoisotopic (exact) mass is 266 g/mol. The molecule has 0 aliphatic carbocycles. The number of carboxylic acid groups (broad SMARTS) is 1. The maximum Gasteiger partial charge on any atom is 0.326 e. The van der Waals surface area contributed by atoms with Crippen LogP contribution in [0.15, 0.2) is 0 Å². The first-order valence-corrected chi connectivity index (χ1v) is 6.84. The van der Waals surface area contributed by atoms with E-state index in [4.69, 9.17) is 5.11 Å². The first-order chi connectivity index (χ1) is 9.12. The molecule has 1 atom stereocenters. The van der Waals surface area contributed by atoms with Crippen LogP contribution in [0.5, 0.6) is 0 Å². The van der Waals surface area contributed by atoms with Crippen LogP contribution in [0.1, 0.15) is 51.4 Å². The molecule has 1 aromatic rings. The molecule has 1 rings (SSSR count). The summed E-state index contributed by atoms with van der Waals surface area (Å²) < 4.78 is 0. The predicted molar refractivity (Wildman–Crippen MR) is 73.2 cm³/mol. The zero-order valence-electron chi connectivity index (χ0n) is 11.8. The fraction of sp³-hybridized carbons (Fsp3) is 0.692. The summed E-state index contributed by atoms with van der Waals surface area (Å²) in [4.78, 5) is 15.5. The quantitative estimate of drug-likeness (QED) is 0.748. The minimum absolute atomic E-state index is 0.303. The Labute approximate surface area is 113 Å². The third-order valence-corrected chi connectivity index (χ3v) is 2.96. The summed E-state index contributed by atoms with van der Waals surface area (Å²) in [6.07, 6.45) is 3.92. The summed E-state index contributed by atoms with van der Waals surface area (Å²) in [5.74, 6) is -0.577. The Morgan fingerprint density at radius 2 is 1.89 bits per heavy atom. The molecule has 1 aromatic heterocycles. The molecule has 6 heteroatoms. The van der Waals surface area contributed by atoms with Gasteiger partial charge in [0.05, 0.1) is 11.4 Å². The number of unbranched alkanes of at least 4 members (excludes halogenated alkanes) is 1. The van der Waals surface area contributed by atoms with Gasteiger partial charge in [0.1, 0.15) is 6.04 Å². The molecule has 0 spiro atoms. The van der Waals surface area contributed by atoms with Crippen LogP contribution < -0.4 is 5.32 Å². The molecule has 6 nitrogen and oxygen atoms in total. The Morgan fingerprint density at radius 1 is 1.21 bits per heavy atom. The summed E-state index contributed by atoms with van der Waals surface area (Å²) >= 11 is 0.